The van der Waals surface area contributed by atoms with E-state index in [1.54, 1.807) is 7.11 Å². The van der Waals surface area contributed by atoms with Crippen LogP contribution in [-0.2, 0) is 6.42 Å². The number of benzene rings is 1. The van der Waals surface area contributed by atoms with Gasteiger partial charge in [-0.1, -0.05) is 13.0 Å². The summed E-state index contributed by atoms with van der Waals surface area (Å²) in [7, 11) is 1.71. The highest BCUT2D eigenvalue weighted by Gasteiger charge is 2.57. The van der Waals surface area contributed by atoms with Crippen LogP contribution in [0.1, 0.15) is 56.1 Å². The van der Waals surface area contributed by atoms with Crippen molar-refractivity contribution in [3.05, 3.63) is 29.3 Å². The van der Waals surface area contributed by atoms with E-state index in [0.29, 0.717) is 30.1 Å². The van der Waals surface area contributed by atoms with Gasteiger partial charge >= 0.3 is 0 Å². The summed E-state index contributed by atoms with van der Waals surface area (Å²) in [6, 6.07) is 6.46. The summed E-state index contributed by atoms with van der Waals surface area (Å²) in [5.41, 5.74) is 2.81. The minimum absolute atomic E-state index is 0.00895. The summed E-state index contributed by atoms with van der Waals surface area (Å²) in [4.78, 5) is 0. The minimum atomic E-state index is -0.254. The summed E-state index contributed by atoms with van der Waals surface area (Å²) in [6.45, 7) is 2.01. The van der Waals surface area contributed by atoms with E-state index in [-0.39, 0.29) is 18.2 Å². The van der Waals surface area contributed by atoms with Crippen LogP contribution < -0.4 is 4.74 Å². The van der Waals surface area contributed by atoms with Gasteiger partial charge in [-0.05, 0) is 90.9 Å². The minimum Gasteiger partial charge on any atom is -0.497 e. The quantitative estimate of drug-likeness (QED) is 0.883. The number of aliphatic hydroxyl groups is 1. The van der Waals surface area contributed by atoms with E-state index in [9.17, 15) is 9.50 Å². The van der Waals surface area contributed by atoms with Crippen molar-refractivity contribution in [1.82, 2.24) is 0 Å². The summed E-state index contributed by atoms with van der Waals surface area (Å²) in [5.74, 6) is 2.91. The number of aryl methyl sites for hydroxylation is 1. The van der Waals surface area contributed by atoms with Gasteiger partial charge in [-0.15, -0.1) is 0 Å². The first-order valence-electron chi connectivity index (χ1n) is 9.49. The number of methoxy groups -OCH3 is 1. The Labute approximate surface area is 144 Å². The zero-order valence-electron chi connectivity index (χ0n) is 14.8. The molecule has 0 aliphatic heterocycles. The molecule has 24 heavy (non-hydrogen) atoms. The van der Waals surface area contributed by atoms with Crippen LogP contribution in [0.25, 0.3) is 0 Å². The van der Waals surface area contributed by atoms with Crippen LogP contribution in [0, 0.1) is 23.2 Å². The number of hydrogen-bond donors (Lipinski definition) is 1. The van der Waals surface area contributed by atoms with E-state index in [0.717, 1.165) is 31.4 Å². The second kappa shape index (κ2) is 6.01. The highest BCUT2D eigenvalue weighted by Crippen LogP contribution is 2.63. The standard InChI is InChI=1S/C21H29FO2/c1-21-12-14(9-10-22)20-16-6-4-15(24-2)11-13(16)3-5-17(20)18(21)7-8-19(21)23/h4,6,11,14,17-20,23H,3,5,7-10,12H2,1-2H3/t14-,17?,18?,19-,20?,21?/m0/s1. The van der Waals surface area contributed by atoms with Gasteiger partial charge in [0.05, 0.1) is 19.9 Å². The van der Waals surface area contributed by atoms with Crippen LogP contribution in [0.3, 0.4) is 0 Å². The molecule has 0 amide bonds. The molecule has 4 unspecified atom stereocenters. The van der Waals surface area contributed by atoms with E-state index < -0.39 is 0 Å². The highest BCUT2D eigenvalue weighted by atomic mass is 19.1. The second-order valence-electron chi connectivity index (χ2n) is 8.44. The van der Waals surface area contributed by atoms with Crippen LogP contribution >= 0.6 is 0 Å². The molecule has 4 rings (SSSR count). The predicted octanol–water partition coefficient (Wildman–Crippen LogP) is 4.50. The van der Waals surface area contributed by atoms with Crippen molar-refractivity contribution in [2.75, 3.05) is 13.8 Å². The number of aliphatic hydroxyl groups excluding tert-OH is 1. The van der Waals surface area contributed by atoms with Gasteiger partial charge in [-0.25, -0.2) is 0 Å². The van der Waals surface area contributed by atoms with Gasteiger partial charge in [-0.3, -0.25) is 4.39 Å². The molecule has 3 aliphatic rings. The zero-order valence-corrected chi connectivity index (χ0v) is 14.8. The molecule has 2 nitrogen and oxygen atoms in total. The lowest BCUT2D eigenvalue weighted by molar-refractivity contribution is -0.0506. The Bertz CT molecular complexity index is 616. The second-order valence-corrected chi connectivity index (χ2v) is 8.44. The molecule has 132 valence electrons. The lowest BCUT2D eigenvalue weighted by Crippen LogP contribution is -2.48. The number of halogens is 1. The first-order chi connectivity index (χ1) is 11.6. The lowest BCUT2D eigenvalue weighted by atomic mass is 9.51. The van der Waals surface area contributed by atoms with Gasteiger partial charge in [0.15, 0.2) is 0 Å². The average Bonchev–Trinajstić information content (AvgIpc) is 2.89. The first-order valence-corrected chi connectivity index (χ1v) is 9.49. The molecule has 0 aromatic heterocycles. The van der Waals surface area contributed by atoms with Crippen LogP contribution in [0.15, 0.2) is 18.2 Å². The lowest BCUT2D eigenvalue weighted by Gasteiger charge is -2.53. The van der Waals surface area contributed by atoms with Crippen LogP contribution in [-0.4, -0.2) is 25.0 Å². The summed E-state index contributed by atoms with van der Waals surface area (Å²) in [6.07, 6.45) is 5.69. The Morgan fingerprint density at radius 3 is 2.88 bits per heavy atom. The van der Waals surface area contributed by atoms with E-state index in [4.69, 9.17) is 4.74 Å². The molecule has 2 fully saturated rings. The molecule has 0 heterocycles. The maximum atomic E-state index is 13.3. The predicted molar refractivity (Wildman–Crippen MR) is 93.1 cm³/mol. The number of alkyl halides is 1. The summed E-state index contributed by atoms with van der Waals surface area (Å²) < 4.78 is 18.7. The normalized spacial score (nSPS) is 40.6. The van der Waals surface area contributed by atoms with E-state index in [1.165, 1.54) is 17.5 Å². The Kier molecular flexibility index (Phi) is 4.11. The maximum Gasteiger partial charge on any atom is 0.119 e. The van der Waals surface area contributed by atoms with Crippen LogP contribution in [0.4, 0.5) is 4.39 Å². The Morgan fingerprint density at radius 2 is 2.12 bits per heavy atom. The molecule has 0 saturated heterocycles. The van der Waals surface area contributed by atoms with E-state index in [2.05, 4.69) is 25.1 Å². The average molecular weight is 332 g/mol. The molecule has 6 atom stereocenters. The third-order valence-electron chi connectivity index (χ3n) is 7.48. The molecule has 3 aliphatic carbocycles. The van der Waals surface area contributed by atoms with Gasteiger partial charge < -0.3 is 9.84 Å². The van der Waals surface area contributed by atoms with Crippen molar-refractivity contribution in [1.29, 1.82) is 0 Å². The Morgan fingerprint density at radius 1 is 1.29 bits per heavy atom. The fraction of sp³-hybridized carbons (Fsp3) is 0.714. The molecular weight excluding hydrogens is 303 g/mol. The van der Waals surface area contributed by atoms with Crippen molar-refractivity contribution >= 4 is 0 Å². The molecule has 1 aromatic rings. The number of fused-ring (bicyclic) bond motifs is 5. The molecule has 1 aromatic carbocycles. The van der Waals surface area contributed by atoms with Crippen molar-refractivity contribution in [3.8, 4) is 5.75 Å². The zero-order chi connectivity index (χ0) is 16.9. The third kappa shape index (κ3) is 2.31. The third-order valence-corrected chi connectivity index (χ3v) is 7.48. The van der Waals surface area contributed by atoms with E-state index in [1.807, 2.05) is 0 Å². The molecule has 1 N–H and O–H groups in total. The van der Waals surface area contributed by atoms with Crippen molar-refractivity contribution in [2.24, 2.45) is 23.2 Å². The number of hydrogen-bond acceptors (Lipinski definition) is 2. The van der Waals surface area contributed by atoms with Crippen LogP contribution in [0.5, 0.6) is 5.75 Å². The highest BCUT2D eigenvalue weighted by molar-refractivity contribution is 5.41. The van der Waals surface area contributed by atoms with Gasteiger partial charge in [0.1, 0.15) is 5.75 Å². The first kappa shape index (κ1) is 16.4. The van der Waals surface area contributed by atoms with Crippen molar-refractivity contribution in [2.45, 2.75) is 57.5 Å². The van der Waals surface area contributed by atoms with Crippen molar-refractivity contribution < 1.29 is 14.2 Å². The Balaban J connectivity index is 1.75. The molecule has 0 bridgehead atoms. The fourth-order valence-corrected chi connectivity index (χ4v) is 6.39. The molecule has 0 spiro atoms. The van der Waals surface area contributed by atoms with Crippen molar-refractivity contribution in [3.63, 3.8) is 0 Å². The molecule has 2 saturated carbocycles. The Hall–Kier alpha value is -1.09. The summed E-state index contributed by atoms with van der Waals surface area (Å²) >= 11 is 0. The monoisotopic (exact) mass is 332 g/mol. The number of ether oxygens (including phenoxy) is 1. The number of rotatable bonds is 3. The van der Waals surface area contributed by atoms with Gasteiger partial charge in [-0.2, -0.15) is 0 Å². The smallest absolute Gasteiger partial charge is 0.119 e. The topological polar surface area (TPSA) is 29.5 Å². The molecule has 0 radical (unpaired) electrons. The molecule has 3 heteroatoms. The maximum absolute atomic E-state index is 13.3. The van der Waals surface area contributed by atoms with Gasteiger partial charge in [0.2, 0.25) is 0 Å². The van der Waals surface area contributed by atoms with Gasteiger partial charge in [0, 0.05) is 0 Å². The van der Waals surface area contributed by atoms with E-state index >= 15 is 0 Å². The van der Waals surface area contributed by atoms with Crippen LogP contribution in [0.2, 0.25) is 0 Å². The SMILES string of the molecule is COc1ccc2c(c1)CCC1C2[C@@H](CCF)CC2(C)C1CC[C@@H]2O. The summed E-state index contributed by atoms with van der Waals surface area (Å²) in [5, 5.41) is 10.6. The fourth-order valence-electron chi connectivity index (χ4n) is 6.39. The van der Waals surface area contributed by atoms with Gasteiger partial charge in [0.25, 0.3) is 0 Å². The molecular formula is C21H29FO2. The largest absolute Gasteiger partial charge is 0.497 e.